The summed E-state index contributed by atoms with van der Waals surface area (Å²) in [5.74, 6) is -0.899. The van der Waals surface area contributed by atoms with Crippen LogP contribution in [0.2, 0.25) is 0 Å². The van der Waals surface area contributed by atoms with E-state index in [2.05, 4.69) is 0 Å². The summed E-state index contributed by atoms with van der Waals surface area (Å²) in [6.45, 7) is 4.87. The fourth-order valence-corrected chi connectivity index (χ4v) is 3.05. The number of hydrogen-bond donors (Lipinski definition) is 1. The van der Waals surface area contributed by atoms with Crippen molar-refractivity contribution in [3.63, 3.8) is 0 Å². The molecule has 0 aliphatic carbocycles. The number of carboxylic acid groups (broad SMARTS) is 1. The molecule has 1 heterocycles. The SMILES string of the molecule is CC(C)CN(CC(=O)O)C(=O)N1CCN(S(C)(=O)=O)CC1. The Kier molecular flexibility index (Phi) is 5.97. The Bertz CT molecular complexity index is 483. The number of nitrogens with zero attached hydrogens (tertiary/aromatic N) is 3. The summed E-state index contributed by atoms with van der Waals surface area (Å²) < 4.78 is 24.2. The van der Waals surface area contributed by atoms with Crippen molar-refractivity contribution >= 4 is 22.0 Å². The van der Waals surface area contributed by atoms with Crippen molar-refractivity contribution < 1.29 is 23.1 Å². The van der Waals surface area contributed by atoms with Crippen molar-refractivity contribution in [2.75, 3.05) is 45.5 Å². The van der Waals surface area contributed by atoms with Gasteiger partial charge in [0.1, 0.15) is 6.54 Å². The topological polar surface area (TPSA) is 98.2 Å². The molecule has 0 aromatic heterocycles. The van der Waals surface area contributed by atoms with E-state index in [-0.39, 0.29) is 44.7 Å². The van der Waals surface area contributed by atoms with Gasteiger partial charge in [-0.15, -0.1) is 0 Å². The van der Waals surface area contributed by atoms with Crippen molar-refractivity contribution in [3.8, 4) is 0 Å². The summed E-state index contributed by atoms with van der Waals surface area (Å²) in [7, 11) is -3.25. The van der Waals surface area contributed by atoms with Crippen molar-refractivity contribution in [2.45, 2.75) is 13.8 Å². The van der Waals surface area contributed by atoms with E-state index in [1.54, 1.807) is 0 Å². The normalized spacial score (nSPS) is 17.0. The van der Waals surface area contributed by atoms with Crippen LogP contribution in [0.3, 0.4) is 0 Å². The molecule has 1 fully saturated rings. The average Bonchev–Trinajstić information content (AvgIpc) is 2.35. The third-order valence-electron chi connectivity index (χ3n) is 3.16. The molecule has 0 aromatic rings. The maximum atomic E-state index is 12.3. The summed E-state index contributed by atoms with van der Waals surface area (Å²) in [4.78, 5) is 26.0. The molecule has 0 saturated carbocycles. The van der Waals surface area contributed by atoms with Crippen LogP contribution in [0.15, 0.2) is 0 Å². The Hall–Kier alpha value is -1.35. The Balaban J connectivity index is 2.67. The Morgan fingerprint density at radius 2 is 1.71 bits per heavy atom. The molecule has 2 amide bonds. The highest BCUT2D eigenvalue weighted by atomic mass is 32.2. The maximum absolute atomic E-state index is 12.3. The smallest absolute Gasteiger partial charge is 0.323 e. The van der Waals surface area contributed by atoms with E-state index in [0.29, 0.717) is 6.54 Å². The van der Waals surface area contributed by atoms with Crippen molar-refractivity contribution in [1.29, 1.82) is 0 Å². The van der Waals surface area contributed by atoms with Gasteiger partial charge in [0.25, 0.3) is 0 Å². The van der Waals surface area contributed by atoms with Crippen LogP contribution in [-0.4, -0.2) is 85.2 Å². The van der Waals surface area contributed by atoms with Gasteiger partial charge in [-0.25, -0.2) is 13.2 Å². The lowest BCUT2D eigenvalue weighted by Gasteiger charge is -2.36. The van der Waals surface area contributed by atoms with Crippen LogP contribution in [-0.2, 0) is 14.8 Å². The minimum atomic E-state index is -3.25. The van der Waals surface area contributed by atoms with Gasteiger partial charge in [0.15, 0.2) is 0 Å². The molecule has 0 radical (unpaired) electrons. The lowest BCUT2D eigenvalue weighted by atomic mass is 10.2. The second kappa shape index (κ2) is 7.08. The van der Waals surface area contributed by atoms with E-state index < -0.39 is 16.0 Å². The van der Waals surface area contributed by atoms with E-state index in [1.165, 1.54) is 14.1 Å². The van der Waals surface area contributed by atoms with E-state index >= 15 is 0 Å². The van der Waals surface area contributed by atoms with E-state index in [4.69, 9.17) is 5.11 Å². The second-order valence-electron chi connectivity index (χ2n) is 5.60. The fourth-order valence-electron chi connectivity index (χ4n) is 2.23. The number of piperazine rings is 1. The monoisotopic (exact) mass is 321 g/mol. The minimum Gasteiger partial charge on any atom is -0.480 e. The average molecular weight is 321 g/mol. The van der Waals surface area contributed by atoms with Crippen molar-refractivity contribution in [1.82, 2.24) is 14.1 Å². The summed E-state index contributed by atoms with van der Waals surface area (Å²) in [5, 5.41) is 8.89. The molecule has 122 valence electrons. The van der Waals surface area contributed by atoms with E-state index in [9.17, 15) is 18.0 Å². The third kappa shape index (κ3) is 5.50. The van der Waals surface area contributed by atoms with Gasteiger partial charge >= 0.3 is 12.0 Å². The van der Waals surface area contributed by atoms with Crippen LogP contribution >= 0.6 is 0 Å². The number of amides is 2. The summed E-state index contributed by atoms with van der Waals surface area (Å²) >= 11 is 0. The van der Waals surface area contributed by atoms with Crippen LogP contribution in [0, 0.1) is 5.92 Å². The Morgan fingerprint density at radius 1 is 1.19 bits per heavy atom. The number of sulfonamides is 1. The van der Waals surface area contributed by atoms with Crippen LogP contribution in [0.25, 0.3) is 0 Å². The van der Waals surface area contributed by atoms with Gasteiger partial charge in [-0.05, 0) is 5.92 Å². The minimum absolute atomic E-state index is 0.158. The van der Waals surface area contributed by atoms with Gasteiger partial charge in [-0.2, -0.15) is 4.31 Å². The molecule has 0 spiro atoms. The molecule has 1 aliphatic rings. The first-order valence-electron chi connectivity index (χ1n) is 6.82. The molecule has 1 N–H and O–H groups in total. The van der Waals surface area contributed by atoms with E-state index in [0.717, 1.165) is 6.26 Å². The number of carboxylic acids is 1. The van der Waals surface area contributed by atoms with E-state index in [1.807, 2.05) is 13.8 Å². The quantitative estimate of drug-likeness (QED) is 0.751. The molecule has 0 bridgehead atoms. The number of rotatable bonds is 5. The fraction of sp³-hybridized carbons (Fsp3) is 0.833. The molecule has 0 unspecified atom stereocenters. The van der Waals surface area contributed by atoms with Gasteiger partial charge in [0.05, 0.1) is 6.26 Å². The zero-order chi connectivity index (χ0) is 16.2. The zero-order valence-corrected chi connectivity index (χ0v) is 13.5. The van der Waals surface area contributed by atoms with Crippen LogP contribution in [0.5, 0.6) is 0 Å². The molecule has 1 rings (SSSR count). The summed E-state index contributed by atoms with van der Waals surface area (Å²) in [6, 6.07) is -0.348. The highest BCUT2D eigenvalue weighted by Gasteiger charge is 2.29. The van der Waals surface area contributed by atoms with Gasteiger partial charge < -0.3 is 14.9 Å². The highest BCUT2D eigenvalue weighted by Crippen LogP contribution is 2.10. The van der Waals surface area contributed by atoms with Gasteiger partial charge in [-0.1, -0.05) is 13.8 Å². The van der Waals surface area contributed by atoms with Gasteiger partial charge in [-0.3, -0.25) is 4.79 Å². The molecule has 8 nitrogen and oxygen atoms in total. The first-order chi connectivity index (χ1) is 9.61. The largest absolute Gasteiger partial charge is 0.480 e. The third-order valence-corrected chi connectivity index (χ3v) is 4.46. The number of hydrogen-bond acceptors (Lipinski definition) is 4. The first-order valence-corrected chi connectivity index (χ1v) is 8.67. The number of carbonyl (C=O) groups is 2. The molecule has 9 heteroatoms. The van der Waals surface area contributed by atoms with Crippen LogP contribution in [0.1, 0.15) is 13.8 Å². The zero-order valence-electron chi connectivity index (χ0n) is 12.7. The molecule has 0 atom stereocenters. The maximum Gasteiger partial charge on any atom is 0.323 e. The number of carbonyl (C=O) groups excluding carboxylic acids is 1. The Morgan fingerprint density at radius 3 is 2.10 bits per heavy atom. The lowest BCUT2D eigenvalue weighted by molar-refractivity contribution is -0.137. The first kappa shape index (κ1) is 17.7. The predicted octanol–water partition coefficient (Wildman–Crippen LogP) is -0.274. The predicted molar refractivity (Wildman–Crippen MR) is 77.4 cm³/mol. The second-order valence-corrected chi connectivity index (χ2v) is 7.58. The highest BCUT2D eigenvalue weighted by molar-refractivity contribution is 7.88. The number of urea groups is 1. The van der Waals surface area contributed by atoms with Gasteiger partial charge in [0.2, 0.25) is 10.0 Å². The number of aliphatic carboxylic acids is 1. The molecule has 1 saturated heterocycles. The van der Waals surface area contributed by atoms with Crippen molar-refractivity contribution in [2.24, 2.45) is 5.92 Å². The standard InChI is InChI=1S/C12H23N3O5S/c1-10(2)8-14(9-11(16)17)12(18)13-4-6-15(7-5-13)21(3,19)20/h10H,4-9H2,1-3H3,(H,16,17). The summed E-state index contributed by atoms with van der Waals surface area (Å²) in [5.41, 5.74) is 0. The van der Waals surface area contributed by atoms with Gasteiger partial charge in [0, 0.05) is 32.7 Å². The van der Waals surface area contributed by atoms with Crippen LogP contribution in [0.4, 0.5) is 4.79 Å². The molecule has 0 aromatic carbocycles. The van der Waals surface area contributed by atoms with Crippen molar-refractivity contribution in [3.05, 3.63) is 0 Å². The Labute approximate surface area is 125 Å². The summed E-state index contributed by atoms with van der Waals surface area (Å²) in [6.07, 6.45) is 1.14. The van der Waals surface area contributed by atoms with Crippen LogP contribution < -0.4 is 0 Å². The molecular weight excluding hydrogens is 298 g/mol. The molecular formula is C12H23N3O5S. The lowest BCUT2D eigenvalue weighted by Crippen LogP contribution is -2.55. The molecule has 21 heavy (non-hydrogen) atoms. The molecule has 1 aliphatic heterocycles.